The standard InChI is InChI=1S/C26H24ClF3N6O/c27-21-8-2-7-20(26(28,29)30)23(21)35-22(37)13-32-18-6-1-4-16(12-18)17-5-3-11-36(14-17)25-19-9-10-31-24(19)33-15-34-25/h1-2,4,6-10,12,15,17,32H,3,5,11,13-14H2,(H,35,37)(H,31,33,34). The van der Waals surface area contributed by atoms with Gasteiger partial charge in [-0.3, -0.25) is 4.79 Å². The minimum Gasteiger partial charge on any atom is -0.376 e. The Morgan fingerprint density at radius 1 is 1.16 bits per heavy atom. The molecule has 1 atom stereocenters. The summed E-state index contributed by atoms with van der Waals surface area (Å²) in [6, 6.07) is 13.1. The maximum atomic E-state index is 13.3. The smallest absolute Gasteiger partial charge is 0.376 e. The molecule has 0 radical (unpaired) electrons. The highest BCUT2D eigenvalue weighted by molar-refractivity contribution is 6.34. The van der Waals surface area contributed by atoms with Crippen molar-refractivity contribution in [2.45, 2.75) is 24.9 Å². The summed E-state index contributed by atoms with van der Waals surface area (Å²) in [4.78, 5) is 26.6. The SMILES string of the molecule is O=C(CNc1cccc(C2CCCN(c3ncnc4[nH]ccc34)C2)c1)Nc1c(Cl)cccc1C(F)(F)F. The molecule has 0 saturated carbocycles. The summed E-state index contributed by atoms with van der Waals surface area (Å²) in [5.41, 5.74) is 1.18. The first-order valence-corrected chi connectivity index (χ1v) is 12.2. The van der Waals surface area contributed by atoms with Crippen LogP contribution >= 0.6 is 11.6 Å². The van der Waals surface area contributed by atoms with E-state index in [-0.39, 0.29) is 17.5 Å². The van der Waals surface area contributed by atoms with Crippen molar-refractivity contribution >= 4 is 45.7 Å². The van der Waals surface area contributed by atoms with Crippen LogP contribution in [0.1, 0.15) is 29.9 Å². The van der Waals surface area contributed by atoms with Crippen LogP contribution in [-0.4, -0.2) is 40.5 Å². The fourth-order valence-electron chi connectivity index (χ4n) is 4.71. The third kappa shape index (κ3) is 5.48. The van der Waals surface area contributed by atoms with Crippen LogP contribution in [0.2, 0.25) is 5.02 Å². The van der Waals surface area contributed by atoms with Gasteiger partial charge in [0.1, 0.15) is 17.8 Å². The first kappa shape index (κ1) is 24.9. The zero-order chi connectivity index (χ0) is 26.0. The molecule has 3 N–H and O–H groups in total. The lowest BCUT2D eigenvalue weighted by Crippen LogP contribution is -2.35. The van der Waals surface area contributed by atoms with Gasteiger partial charge >= 0.3 is 6.18 Å². The Morgan fingerprint density at radius 2 is 2.00 bits per heavy atom. The number of halogens is 4. The predicted octanol–water partition coefficient (Wildman–Crippen LogP) is 6.06. The van der Waals surface area contributed by atoms with Crippen LogP contribution in [0, 0.1) is 0 Å². The second-order valence-electron chi connectivity index (χ2n) is 8.91. The normalized spacial score (nSPS) is 16.1. The highest BCUT2D eigenvalue weighted by Crippen LogP contribution is 2.38. The number of benzene rings is 2. The molecule has 2 aromatic heterocycles. The molecule has 37 heavy (non-hydrogen) atoms. The number of rotatable bonds is 6. The second-order valence-corrected chi connectivity index (χ2v) is 9.32. The van der Waals surface area contributed by atoms with Gasteiger partial charge in [-0.1, -0.05) is 29.8 Å². The van der Waals surface area contributed by atoms with Gasteiger partial charge in [-0.05, 0) is 48.7 Å². The van der Waals surface area contributed by atoms with Crippen molar-refractivity contribution in [1.29, 1.82) is 0 Å². The number of nitrogens with one attached hydrogen (secondary N) is 3. The number of alkyl halides is 3. The number of aromatic amines is 1. The van der Waals surface area contributed by atoms with Gasteiger partial charge in [0, 0.05) is 30.9 Å². The first-order chi connectivity index (χ1) is 17.8. The van der Waals surface area contributed by atoms with Gasteiger partial charge in [0.25, 0.3) is 0 Å². The lowest BCUT2D eigenvalue weighted by atomic mass is 9.90. The second kappa shape index (κ2) is 10.3. The Hall–Kier alpha value is -3.79. The molecule has 7 nitrogen and oxygen atoms in total. The monoisotopic (exact) mass is 528 g/mol. The number of carbonyl (C=O) groups is 1. The van der Waals surface area contributed by atoms with E-state index in [1.807, 2.05) is 36.5 Å². The Kier molecular flexibility index (Phi) is 6.92. The summed E-state index contributed by atoms with van der Waals surface area (Å²) < 4.78 is 39.9. The average Bonchev–Trinajstić information content (AvgIpc) is 3.37. The largest absolute Gasteiger partial charge is 0.418 e. The number of anilines is 3. The molecule has 1 aliphatic rings. The zero-order valence-corrected chi connectivity index (χ0v) is 20.4. The molecule has 1 saturated heterocycles. The number of hydrogen-bond acceptors (Lipinski definition) is 5. The number of hydrogen-bond donors (Lipinski definition) is 3. The van der Waals surface area contributed by atoms with Crippen molar-refractivity contribution < 1.29 is 18.0 Å². The first-order valence-electron chi connectivity index (χ1n) is 11.8. The summed E-state index contributed by atoms with van der Waals surface area (Å²) >= 11 is 5.94. The Morgan fingerprint density at radius 3 is 2.84 bits per heavy atom. The molecule has 1 unspecified atom stereocenters. The highest BCUT2D eigenvalue weighted by Gasteiger charge is 2.34. The number of H-pyrrole nitrogens is 1. The topological polar surface area (TPSA) is 85.9 Å². The van der Waals surface area contributed by atoms with Crippen LogP contribution in [0.25, 0.3) is 11.0 Å². The number of amides is 1. The van der Waals surface area contributed by atoms with Crippen LogP contribution < -0.4 is 15.5 Å². The molecule has 1 amide bonds. The molecule has 5 rings (SSSR count). The Labute approximate surface area is 216 Å². The summed E-state index contributed by atoms with van der Waals surface area (Å²) in [7, 11) is 0. The predicted molar refractivity (Wildman–Crippen MR) is 138 cm³/mol. The van der Waals surface area contributed by atoms with Crippen LogP contribution in [0.15, 0.2) is 61.1 Å². The fourth-order valence-corrected chi connectivity index (χ4v) is 4.93. The summed E-state index contributed by atoms with van der Waals surface area (Å²) in [5, 5.41) is 6.12. The molecule has 1 fully saturated rings. The molecule has 0 spiro atoms. The molecule has 192 valence electrons. The van der Waals surface area contributed by atoms with E-state index >= 15 is 0 Å². The lowest BCUT2D eigenvalue weighted by Gasteiger charge is -2.34. The van der Waals surface area contributed by atoms with Crippen LogP contribution in [0.3, 0.4) is 0 Å². The summed E-state index contributed by atoms with van der Waals surface area (Å²) in [6.07, 6.45) is 0.787. The summed E-state index contributed by atoms with van der Waals surface area (Å²) in [6.45, 7) is 1.47. The van der Waals surface area contributed by atoms with E-state index < -0.39 is 23.3 Å². The molecule has 4 aromatic rings. The molecular formula is C26H24ClF3N6O. The van der Waals surface area contributed by atoms with Crippen molar-refractivity contribution in [1.82, 2.24) is 15.0 Å². The third-order valence-electron chi connectivity index (χ3n) is 6.45. The summed E-state index contributed by atoms with van der Waals surface area (Å²) in [5.74, 6) is 0.526. The van der Waals surface area contributed by atoms with E-state index in [0.29, 0.717) is 5.69 Å². The molecular weight excluding hydrogens is 505 g/mol. The van der Waals surface area contributed by atoms with E-state index in [0.717, 1.165) is 54.4 Å². The number of aromatic nitrogens is 3. The highest BCUT2D eigenvalue weighted by atomic mass is 35.5. The van der Waals surface area contributed by atoms with Gasteiger partial charge in [-0.2, -0.15) is 13.2 Å². The number of carbonyl (C=O) groups excluding carboxylic acids is 1. The lowest BCUT2D eigenvalue weighted by molar-refractivity contribution is -0.137. The van der Waals surface area contributed by atoms with Crippen LogP contribution in [-0.2, 0) is 11.0 Å². The van der Waals surface area contributed by atoms with Crippen LogP contribution in [0.4, 0.5) is 30.4 Å². The fraction of sp³-hybridized carbons (Fsp3) is 0.269. The molecule has 11 heteroatoms. The number of fused-ring (bicyclic) bond motifs is 1. The van der Waals surface area contributed by atoms with Gasteiger partial charge in [0.05, 0.1) is 28.2 Å². The number of nitrogens with zero attached hydrogens (tertiary/aromatic N) is 3. The van der Waals surface area contributed by atoms with Gasteiger partial charge in [-0.25, -0.2) is 9.97 Å². The minimum atomic E-state index is -4.64. The molecule has 0 bridgehead atoms. The molecule has 2 aromatic carbocycles. The third-order valence-corrected chi connectivity index (χ3v) is 6.76. The number of piperidine rings is 1. The van der Waals surface area contributed by atoms with Crippen molar-refractivity contribution in [2.75, 3.05) is 35.2 Å². The van der Waals surface area contributed by atoms with Crippen molar-refractivity contribution in [3.8, 4) is 0 Å². The Balaban J connectivity index is 1.25. The van der Waals surface area contributed by atoms with E-state index in [1.54, 1.807) is 6.33 Å². The van der Waals surface area contributed by atoms with E-state index in [1.165, 1.54) is 12.1 Å². The van der Waals surface area contributed by atoms with Gasteiger partial charge in [0.15, 0.2) is 0 Å². The maximum absolute atomic E-state index is 13.3. The van der Waals surface area contributed by atoms with Gasteiger partial charge in [-0.15, -0.1) is 0 Å². The Bertz CT molecular complexity index is 1420. The zero-order valence-electron chi connectivity index (χ0n) is 19.6. The van der Waals surface area contributed by atoms with Gasteiger partial charge in [0.2, 0.25) is 5.91 Å². The number of para-hydroxylation sites is 1. The van der Waals surface area contributed by atoms with E-state index in [2.05, 4.69) is 30.5 Å². The van der Waals surface area contributed by atoms with Gasteiger partial charge < -0.3 is 20.5 Å². The quantitative estimate of drug-likeness (QED) is 0.283. The molecule has 1 aliphatic heterocycles. The van der Waals surface area contributed by atoms with Crippen LogP contribution in [0.5, 0.6) is 0 Å². The minimum absolute atomic E-state index is 0.173. The van der Waals surface area contributed by atoms with Crippen molar-refractivity contribution in [3.05, 3.63) is 77.2 Å². The van der Waals surface area contributed by atoms with E-state index in [9.17, 15) is 18.0 Å². The molecule has 0 aliphatic carbocycles. The maximum Gasteiger partial charge on any atom is 0.418 e. The van der Waals surface area contributed by atoms with E-state index in [4.69, 9.17) is 11.6 Å². The molecule has 3 heterocycles. The average molecular weight is 529 g/mol. The van der Waals surface area contributed by atoms with Crippen molar-refractivity contribution in [3.63, 3.8) is 0 Å². The van der Waals surface area contributed by atoms with Crippen molar-refractivity contribution in [2.24, 2.45) is 0 Å².